The topological polar surface area (TPSA) is 37.3 Å². The lowest BCUT2D eigenvalue weighted by Crippen LogP contribution is -2.29. The highest BCUT2D eigenvalue weighted by atomic mass is 19.4. The highest BCUT2D eigenvalue weighted by molar-refractivity contribution is 5.97. The molecule has 21 heavy (non-hydrogen) atoms. The summed E-state index contributed by atoms with van der Waals surface area (Å²) >= 11 is 0. The summed E-state index contributed by atoms with van der Waals surface area (Å²) in [5, 5.41) is 10.3. The van der Waals surface area contributed by atoms with Crippen molar-refractivity contribution in [3.8, 4) is 0 Å². The van der Waals surface area contributed by atoms with E-state index in [-0.39, 0.29) is 23.7 Å². The van der Waals surface area contributed by atoms with E-state index in [0.29, 0.717) is 0 Å². The summed E-state index contributed by atoms with van der Waals surface area (Å²) in [6.45, 7) is 4.42. The molecule has 1 atom stereocenters. The average molecular weight is 306 g/mol. The van der Waals surface area contributed by atoms with Gasteiger partial charge in [-0.1, -0.05) is 33.1 Å². The average Bonchev–Trinajstić information content (AvgIpc) is 2.44. The number of rotatable bonds is 5. The minimum absolute atomic E-state index is 0.107. The van der Waals surface area contributed by atoms with Crippen LogP contribution in [0.5, 0.6) is 0 Å². The zero-order valence-electron chi connectivity index (χ0n) is 13.0. The first-order valence-electron chi connectivity index (χ1n) is 7.62. The number of halogens is 3. The summed E-state index contributed by atoms with van der Waals surface area (Å²) in [5.41, 5.74) is -1.32. The van der Waals surface area contributed by atoms with Gasteiger partial charge in [-0.15, -0.1) is 0 Å². The maximum absolute atomic E-state index is 12.7. The highest BCUT2D eigenvalue weighted by Gasteiger charge is 2.42. The fraction of sp³-hybridized carbons (Fsp3) is 0.812. The van der Waals surface area contributed by atoms with Gasteiger partial charge in [0.2, 0.25) is 0 Å². The maximum atomic E-state index is 12.7. The maximum Gasteiger partial charge on any atom is 0.390 e. The van der Waals surface area contributed by atoms with E-state index in [1.54, 1.807) is 6.92 Å². The van der Waals surface area contributed by atoms with Crippen molar-refractivity contribution in [2.75, 3.05) is 0 Å². The molecule has 1 fully saturated rings. The van der Waals surface area contributed by atoms with Gasteiger partial charge in [0.25, 0.3) is 0 Å². The third kappa shape index (κ3) is 4.75. The Kier molecular flexibility index (Phi) is 5.88. The molecule has 1 N–H and O–H groups in total. The molecule has 0 spiro atoms. The molecule has 122 valence electrons. The first-order chi connectivity index (χ1) is 9.60. The molecular weight excluding hydrogens is 281 g/mol. The van der Waals surface area contributed by atoms with Crippen LogP contribution in [0, 0.1) is 11.3 Å². The van der Waals surface area contributed by atoms with E-state index in [4.69, 9.17) is 0 Å². The van der Waals surface area contributed by atoms with Crippen molar-refractivity contribution in [3.63, 3.8) is 0 Å². The second kappa shape index (κ2) is 6.84. The van der Waals surface area contributed by atoms with E-state index in [9.17, 15) is 23.1 Å². The molecule has 1 unspecified atom stereocenters. The number of carbonyl (C=O) groups excluding carboxylic acids is 1. The molecule has 1 aliphatic carbocycles. The fourth-order valence-electron chi connectivity index (χ4n) is 3.06. The Morgan fingerprint density at radius 1 is 1.19 bits per heavy atom. The Morgan fingerprint density at radius 2 is 1.71 bits per heavy atom. The van der Waals surface area contributed by atoms with Gasteiger partial charge in [0.1, 0.15) is 5.76 Å². The Morgan fingerprint density at radius 3 is 2.14 bits per heavy atom. The first kappa shape index (κ1) is 18.1. The Hall–Kier alpha value is -1.00. The number of aliphatic hydroxyl groups is 1. The van der Waals surface area contributed by atoms with Crippen LogP contribution in [-0.4, -0.2) is 17.1 Å². The molecule has 0 aromatic heterocycles. The number of alkyl halides is 3. The van der Waals surface area contributed by atoms with Crippen molar-refractivity contribution in [2.45, 2.75) is 71.9 Å². The molecule has 1 rings (SSSR count). The molecule has 5 heteroatoms. The number of aliphatic hydroxyl groups excluding tert-OH is 1. The number of allylic oxidation sites excluding steroid dienone is 2. The van der Waals surface area contributed by atoms with Gasteiger partial charge in [-0.3, -0.25) is 4.79 Å². The first-order valence-corrected chi connectivity index (χ1v) is 7.62. The standard InChI is InChI=1S/C16H25F3O2/c1-4-15(3,10-16(17,18)19)14(21)11(2)13(20)12-8-6-5-7-9-12/h12,21H,4-10H2,1-3H3. The van der Waals surface area contributed by atoms with E-state index in [1.807, 2.05) is 0 Å². The summed E-state index contributed by atoms with van der Waals surface area (Å²) in [6, 6.07) is 0. The van der Waals surface area contributed by atoms with Gasteiger partial charge >= 0.3 is 6.18 Å². The van der Waals surface area contributed by atoms with Crippen molar-refractivity contribution in [3.05, 3.63) is 11.3 Å². The minimum atomic E-state index is -4.37. The van der Waals surface area contributed by atoms with E-state index in [2.05, 4.69) is 0 Å². The zero-order valence-corrected chi connectivity index (χ0v) is 13.0. The second-order valence-corrected chi connectivity index (χ2v) is 6.38. The number of ketones is 1. The zero-order chi connectivity index (χ0) is 16.3. The summed E-state index contributed by atoms with van der Waals surface area (Å²) < 4.78 is 38.1. The van der Waals surface area contributed by atoms with E-state index < -0.39 is 23.8 Å². The molecule has 1 aliphatic rings. The van der Waals surface area contributed by atoms with Crippen LogP contribution < -0.4 is 0 Å². The highest BCUT2D eigenvalue weighted by Crippen LogP contribution is 2.42. The molecule has 0 heterocycles. The molecule has 2 nitrogen and oxygen atoms in total. The number of hydrogen-bond donors (Lipinski definition) is 1. The molecule has 0 amide bonds. The summed E-state index contributed by atoms with van der Waals surface area (Å²) in [6.07, 6.45) is -0.773. The Balaban J connectivity index is 2.98. The number of carbonyl (C=O) groups is 1. The lowest BCUT2D eigenvalue weighted by molar-refractivity contribution is -0.156. The van der Waals surface area contributed by atoms with Crippen LogP contribution in [0.1, 0.15) is 65.7 Å². The normalized spacial score (nSPS) is 21.6. The van der Waals surface area contributed by atoms with Gasteiger partial charge in [0.05, 0.1) is 6.42 Å². The van der Waals surface area contributed by atoms with Gasteiger partial charge in [-0.05, 0) is 26.2 Å². The molecule has 0 bridgehead atoms. The summed E-state index contributed by atoms with van der Waals surface area (Å²) in [7, 11) is 0. The predicted molar refractivity (Wildman–Crippen MR) is 76.0 cm³/mol. The Bertz CT molecular complexity index is 406. The van der Waals surface area contributed by atoms with Crippen molar-refractivity contribution in [1.82, 2.24) is 0 Å². The monoisotopic (exact) mass is 306 g/mol. The minimum Gasteiger partial charge on any atom is -0.511 e. The van der Waals surface area contributed by atoms with Crippen molar-refractivity contribution < 1.29 is 23.1 Å². The van der Waals surface area contributed by atoms with Crippen LogP contribution >= 0.6 is 0 Å². The smallest absolute Gasteiger partial charge is 0.390 e. The molecular formula is C16H25F3O2. The van der Waals surface area contributed by atoms with Gasteiger partial charge in [-0.2, -0.15) is 13.2 Å². The van der Waals surface area contributed by atoms with Crippen molar-refractivity contribution >= 4 is 5.78 Å². The number of hydrogen-bond acceptors (Lipinski definition) is 2. The summed E-state index contributed by atoms with van der Waals surface area (Å²) in [5.74, 6) is -0.722. The van der Waals surface area contributed by atoms with Crippen LogP contribution in [-0.2, 0) is 4.79 Å². The van der Waals surface area contributed by atoms with Crippen LogP contribution in [0.3, 0.4) is 0 Å². The van der Waals surface area contributed by atoms with Crippen molar-refractivity contribution in [1.29, 1.82) is 0 Å². The molecule has 0 aromatic rings. The second-order valence-electron chi connectivity index (χ2n) is 6.38. The lowest BCUT2D eigenvalue weighted by atomic mass is 9.77. The Labute approximate surface area is 124 Å². The molecule has 0 saturated heterocycles. The van der Waals surface area contributed by atoms with Gasteiger partial charge in [0, 0.05) is 16.9 Å². The summed E-state index contributed by atoms with van der Waals surface area (Å²) in [4.78, 5) is 12.4. The molecule has 1 saturated carbocycles. The van der Waals surface area contributed by atoms with Gasteiger partial charge in [-0.25, -0.2) is 0 Å². The lowest BCUT2D eigenvalue weighted by Gasteiger charge is -2.30. The van der Waals surface area contributed by atoms with E-state index >= 15 is 0 Å². The molecule has 0 aromatic carbocycles. The van der Waals surface area contributed by atoms with Gasteiger partial charge in [0.15, 0.2) is 5.78 Å². The SMILES string of the molecule is CCC(C)(CC(F)(F)F)C(O)=C(C)C(=O)C1CCCCC1. The van der Waals surface area contributed by atoms with Crippen LogP contribution in [0.25, 0.3) is 0 Å². The van der Waals surface area contributed by atoms with E-state index in [1.165, 1.54) is 13.8 Å². The largest absolute Gasteiger partial charge is 0.511 e. The van der Waals surface area contributed by atoms with Gasteiger partial charge < -0.3 is 5.11 Å². The predicted octanol–water partition coefficient (Wildman–Crippen LogP) is 5.34. The van der Waals surface area contributed by atoms with Crippen LogP contribution in [0.4, 0.5) is 13.2 Å². The quantitative estimate of drug-likeness (QED) is 0.550. The number of Topliss-reactive ketones (excluding diaryl/α,β-unsaturated/α-hetero) is 1. The fourth-order valence-corrected chi connectivity index (χ4v) is 3.06. The van der Waals surface area contributed by atoms with Crippen molar-refractivity contribution in [2.24, 2.45) is 11.3 Å². The molecule has 0 radical (unpaired) electrons. The van der Waals surface area contributed by atoms with Crippen LogP contribution in [0.15, 0.2) is 11.3 Å². The van der Waals surface area contributed by atoms with E-state index in [0.717, 1.165) is 32.1 Å². The van der Waals surface area contributed by atoms with Crippen LogP contribution in [0.2, 0.25) is 0 Å². The molecule has 0 aliphatic heterocycles. The third-order valence-electron chi connectivity index (χ3n) is 4.64. The third-order valence-corrected chi connectivity index (χ3v) is 4.64.